The summed E-state index contributed by atoms with van der Waals surface area (Å²) in [5.74, 6) is -3.19. The van der Waals surface area contributed by atoms with Crippen molar-refractivity contribution in [3.05, 3.63) is 69.7 Å². The van der Waals surface area contributed by atoms with E-state index >= 15 is 0 Å². The number of carbonyl (C=O) groups is 1. The molecule has 0 heterocycles. The van der Waals surface area contributed by atoms with Crippen LogP contribution in [0.1, 0.15) is 27.4 Å². The van der Waals surface area contributed by atoms with Crippen LogP contribution in [0.2, 0.25) is 5.02 Å². The second-order valence-electron chi connectivity index (χ2n) is 4.52. The Hall–Kier alpha value is -2.25. The van der Waals surface area contributed by atoms with Gasteiger partial charge >= 0.3 is 0 Å². The fraction of sp³-hybridized carbons (Fsp3) is 0.125. The molecule has 0 amide bonds. The molecule has 0 saturated heterocycles. The first-order valence-electron chi connectivity index (χ1n) is 6.09. The summed E-state index contributed by atoms with van der Waals surface area (Å²) in [6.07, 6.45) is 0. The predicted molar refractivity (Wildman–Crippen MR) is 75.2 cm³/mol. The number of carbonyl (C=O) groups excluding carboxylic acids is 1. The molecule has 2 nitrogen and oxygen atoms in total. The first-order valence-corrected chi connectivity index (χ1v) is 6.47. The second kappa shape index (κ2) is 6.02. The van der Waals surface area contributed by atoms with E-state index in [-0.39, 0.29) is 16.1 Å². The largest absolute Gasteiger partial charge is 0.292 e. The molecule has 1 atom stereocenters. The highest BCUT2D eigenvalue weighted by atomic mass is 35.5. The van der Waals surface area contributed by atoms with Crippen molar-refractivity contribution in [1.29, 1.82) is 5.26 Å². The zero-order chi connectivity index (χ0) is 15.6. The van der Waals surface area contributed by atoms with Gasteiger partial charge in [-0.15, -0.1) is 0 Å². The molecule has 2 rings (SSSR count). The quantitative estimate of drug-likeness (QED) is 0.788. The Morgan fingerprint density at radius 2 is 2.00 bits per heavy atom. The van der Waals surface area contributed by atoms with E-state index in [1.165, 1.54) is 24.3 Å². The minimum Gasteiger partial charge on any atom is -0.292 e. The first kappa shape index (κ1) is 15.1. The Labute approximate surface area is 125 Å². The fourth-order valence-electron chi connectivity index (χ4n) is 2.10. The lowest BCUT2D eigenvalue weighted by Crippen LogP contribution is -2.14. The molecule has 0 bridgehead atoms. The fourth-order valence-corrected chi connectivity index (χ4v) is 2.37. The van der Waals surface area contributed by atoms with Crippen molar-refractivity contribution in [2.45, 2.75) is 12.8 Å². The van der Waals surface area contributed by atoms with Crippen LogP contribution in [0.3, 0.4) is 0 Å². The van der Waals surface area contributed by atoms with Gasteiger partial charge in [0.2, 0.25) is 0 Å². The molecule has 1 unspecified atom stereocenters. The van der Waals surface area contributed by atoms with Crippen LogP contribution in [-0.2, 0) is 0 Å². The SMILES string of the molecule is Cc1cc(F)ccc1C(=O)C(C#N)c1c(F)cccc1Cl. The number of nitrogens with zero attached hydrogens (tertiary/aromatic N) is 1. The van der Waals surface area contributed by atoms with E-state index in [9.17, 15) is 18.8 Å². The van der Waals surface area contributed by atoms with E-state index in [1.54, 1.807) is 13.0 Å². The number of nitriles is 1. The van der Waals surface area contributed by atoms with Gasteiger partial charge in [0.15, 0.2) is 5.78 Å². The van der Waals surface area contributed by atoms with Crippen LogP contribution in [-0.4, -0.2) is 5.78 Å². The van der Waals surface area contributed by atoms with Gasteiger partial charge in [0, 0.05) is 16.1 Å². The molecule has 106 valence electrons. The third-order valence-corrected chi connectivity index (χ3v) is 3.46. The summed E-state index contributed by atoms with van der Waals surface area (Å²) in [6, 6.07) is 9.30. The summed E-state index contributed by atoms with van der Waals surface area (Å²) in [5.41, 5.74) is 0.394. The highest BCUT2D eigenvalue weighted by Crippen LogP contribution is 2.30. The van der Waals surface area contributed by atoms with Gasteiger partial charge in [-0.3, -0.25) is 4.79 Å². The molecule has 0 N–H and O–H groups in total. The van der Waals surface area contributed by atoms with Crippen molar-refractivity contribution in [1.82, 2.24) is 0 Å². The number of ketones is 1. The maximum absolute atomic E-state index is 13.9. The summed E-state index contributed by atoms with van der Waals surface area (Å²) >= 11 is 5.90. The molecule has 2 aromatic rings. The Morgan fingerprint density at radius 3 is 2.57 bits per heavy atom. The minimum atomic E-state index is -1.37. The summed E-state index contributed by atoms with van der Waals surface area (Å²) in [5, 5.41) is 9.24. The van der Waals surface area contributed by atoms with Crippen molar-refractivity contribution in [2.24, 2.45) is 0 Å². The monoisotopic (exact) mass is 305 g/mol. The molecule has 2 aromatic carbocycles. The zero-order valence-corrected chi connectivity index (χ0v) is 11.8. The van der Waals surface area contributed by atoms with Crippen LogP contribution in [0.4, 0.5) is 8.78 Å². The van der Waals surface area contributed by atoms with Crippen LogP contribution in [0.25, 0.3) is 0 Å². The first-order chi connectivity index (χ1) is 9.95. The zero-order valence-electron chi connectivity index (χ0n) is 11.0. The minimum absolute atomic E-state index is 0.00895. The molecular formula is C16H10ClF2NO. The van der Waals surface area contributed by atoms with E-state index in [0.29, 0.717) is 5.56 Å². The van der Waals surface area contributed by atoms with Crippen molar-refractivity contribution in [2.75, 3.05) is 0 Å². The van der Waals surface area contributed by atoms with E-state index in [4.69, 9.17) is 11.6 Å². The lowest BCUT2D eigenvalue weighted by atomic mass is 9.89. The highest BCUT2D eigenvalue weighted by Gasteiger charge is 2.27. The maximum atomic E-state index is 13.9. The maximum Gasteiger partial charge on any atom is 0.184 e. The van der Waals surface area contributed by atoms with Gasteiger partial charge in [-0.05, 0) is 42.8 Å². The number of halogens is 3. The van der Waals surface area contributed by atoms with E-state index in [2.05, 4.69) is 0 Å². The van der Waals surface area contributed by atoms with Crippen LogP contribution >= 0.6 is 11.6 Å². The molecule has 0 radical (unpaired) electrons. The Kier molecular flexibility index (Phi) is 4.35. The Bertz CT molecular complexity index is 732. The van der Waals surface area contributed by atoms with Gasteiger partial charge in [-0.2, -0.15) is 5.26 Å². The van der Waals surface area contributed by atoms with Gasteiger partial charge in [0.25, 0.3) is 0 Å². The number of hydrogen-bond acceptors (Lipinski definition) is 2. The van der Waals surface area contributed by atoms with E-state index in [0.717, 1.165) is 12.1 Å². The average Bonchev–Trinajstić information content (AvgIpc) is 2.42. The number of Topliss-reactive ketones (excluding diaryl/α,β-unsaturated/α-hetero) is 1. The predicted octanol–water partition coefficient (Wildman–Crippen LogP) is 4.42. The standard InChI is InChI=1S/C16H10ClF2NO/c1-9-7-10(18)5-6-11(9)16(21)12(8-20)15-13(17)3-2-4-14(15)19/h2-7,12H,1H3. The third-order valence-electron chi connectivity index (χ3n) is 3.13. The van der Waals surface area contributed by atoms with Gasteiger partial charge < -0.3 is 0 Å². The smallest absolute Gasteiger partial charge is 0.184 e. The van der Waals surface area contributed by atoms with Crippen LogP contribution < -0.4 is 0 Å². The molecular weight excluding hydrogens is 296 g/mol. The Balaban J connectivity index is 2.52. The number of aryl methyl sites for hydroxylation is 1. The lowest BCUT2D eigenvalue weighted by Gasteiger charge is -2.13. The molecule has 0 saturated carbocycles. The summed E-state index contributed by atoms with van der Waals surface area (Å²) in [6.45, 7) is 1.55. The molecule has 0 aliphatic rings. The van der Waals surface area contributed by atoms with Crippen LogP contribution in [0, 0.1) is 29.9 Å². The molecule has 0 aromatic heterocycles. The number of benzene rings is 2. The number of hydrogen-bond donors (Lipinski definition) is 0. The molecule has 0 spiro atoms. The van der Waals surface area contributed by atoms with Crippen molar-refractivity contribution >= 4 is 17.4 Å². The third kappa shape index (κ3) is 2.93. The topological polar surface area (TPSA) is 40.9 Å². The second-order valence-corrected chi connectivity index (χ2v) is 4.93. The Morgan fingerprint density at radius 1 is 1.29 bits per heavy atom. The van der Waals surface area contributed by atoms with Crippen LogP contribution in [0.15, 0.2) is 36.4 Å². The normalized spacial score (nSPS) is 11.8. The molecule has 21 heavy (non-hydrogen) atoms. The van der Waals surface area contributed by atoms with Gasteiger partial charge in [-0.1, -0.05) is 17.7 Å². The summed E-state index contributed by atoms with van der Waals surface area (Å²) < 4.78 is 27.0. The van der Waals surface area contributed by atoms with Gasteiger partial charge in [0.1, 0.15) is 17.6 Å². The molecule has 5 heteroatoms. The van der Waals surface area contributed by atoms with Gasteiger partial charge in [-0.25, -0.2) is 8.78 Å². The van der Waals surface area contributed by atoms with Crippen molar-refractivity contribution in [3.63, 3.8) is 0 Å². The van der Waals surface area contributed by atoms with Crippen LogP contribution in [0.5, 0.6) is 0 Å². The van der Waals surface area contributed by atoms with E-state index in [1.807, 2.05) is 0 Å². The van der Waals surface area contributed by atoms with Crippen molar-refractivity contribution < 1.29 is 13.6 Å². The highest BCUT2D eigenvalue weighted by molar-refractivity contribution is 6.32. The van der Waals surface area contributed by atoms with Crippen molar-refractivity contribution in [3.8, 4) is 6.07 Å². The van der Waals surface area contributed by atoms with E-state index < -0.39 is 23.3 Å². The molecule has 0 aliphatic carbocycles. The summed E-state index contributed by atoms with van der Waals surface area (Å²) in [7, 11) is 0. The lowest BCUT2D eigenvalue weighted by molar-refractivity contribution is 0.0977. The van der Waals surface area contributed by atoms with Gasteiger partial charge in [0.05, 0.1) is 6.07 Å². The average molecular weight is 306 g/mol. The number of rotatable bonds is 3. The molecule has 0 aliphatic heterocycles. The summed E-state index contributed by atoms with van der Waals surface area (Å²) in [4.78, 5) is 12.4. The molecule has 0 fully saturated rings.